The zero-order valence-corrected chi connectivity index (χ0v) is 20.8. The standard InChI is InChI=1S/C27H30N4O3S/c1-4-25(22-13-9-11-19-10-7-8-12-21(19)22)35(33,34)27-23-15-14-20(18-24(23)29-30-27)28-26(32)16-17-31(5-2)6-3/h4,7-15,18,25H,1,5-6,16-17H2,2-3H3,(H,28,32)(H,29,30). The lowest BCUT2D eigenvalue weighted by atomic mass is 10.0. The molecule has 4 rings (SSSR count). The van der Waals surface area contributed by atoms with E-state index in [0.29, 0.717) is 35.1 Å². The minimum atomic E-state index is -3.87. The normalized spacial score (nSPS) is 12.8. The number of sulfone groups is 1. The van der Waals surface area contributed by atoms with Gasteiger partial charge in [0.1, 0.15) is 5.25 Å². The van der Waals surface area contributed by atoms with Crippen LogP contribution >= 0.6 is 0 Å². The average Bonchev–Trinajstić information content (AvgIpc) is 3.29. The molecule has 0 bridgehead atoms. The molecule has 35 heavy (non-hydrogen) atoms. The molecular weight excluding hydrogens is 460 g/mol. The summed E-state index contributed by atoms with van der Waals surface area (Å²) in [5, 5.41) is 11.2. The molecule has 0 aliphatic heterocycles. The summed E-state index contributed by atoms with van der Waals surface area (Å²) in [6.07, 6.45) is 1.83. The van der Waals surface area contributed by atoms with Gasteiger partial charge in [-0.05, 0) is 47.6 Å². The van der Waals surface area contributed by atoms with E-state index in [1.54, 1.807) is 18.2 Å². The van der Waals surface area contributed by atoms with Gasteiger partial charge < -0.3 is 10.2 Å². The number of aromatic amines is 1. The molecule has 0 saturated heterocycles. The van der Waals surface area contributed by atoms with E-state index in [0.717, 1.165) is 23.9 Å². The summed E-state index contributed by atoms with van der Waals surface area (Å²) >= 11 is 0. The van der Waals surface area contributed by atoms with Crippen molar-refractivity contribution in [1.82, 2.24) is 15.1 Å². The van der Waals surface area contributed by atoms with Gasteiger partial charge >= 0.3 is 0 Å². The Bertz CT molecular complexity index is 1470. The summed E-state index contributed by atoms with van der Waals surface area (Å²) in [6, 6.07) is 18.4. The Morgan fingerprint density at radius 1 is 1.09 bits per heavy atom. The molecule has 8 heteroatoms. The van der Waals surface area contributed by atoms with Crippen LogP contribution in [0.15, 0.2) is 78.3 Å². The summed E-state index contributed by atoms with van der Waals surface area (Å²) in [6.45, 7) is 10.4. The molecular formula is C27H30N4O3S. The van der Waals surface area contributed by atoms with Crippen LogP contribution < -0.4 is 5.32 Å². The molecule has 4 aromatic rings. The molecule has 3 aromatic carbocycles. The molecule has 0 aliphatic rings. The third-order valence-corrected chi connectivity index (χ3v) is 8.31. The second-order valence-electron chi connectivity index (χ2n) is 8.38. The molecule has 0 aliphatic carbocycles. The molecule has 1 heterocycles. The van der Waals surface area contributed by atoms with E-state index < -0.39 is 15.1 Å². The fraction of sp³-hybridized carbons (Fsp3) is 0.259. The van der Waals surface area contributed by atoms with Gasteiger partial charge in [0.25, 0.3) is 0 Å². The fourth-order valence-corrected chi connectivity index (χ4v) is 6.05. The topological polar surface area (TPSA) is 95.2 Å². The Kier molecular flexibility index (Phi) is 7.33. The van der Waals surface area contributed by atoms with Gasteiger partial charge in [-0.3, -0.25) is 9.89 Å². The molecule has 2 N–H and O–H groups in total. The van der Waals surface area contributed by atoms with Crippen LogP contribution in [0.2, 0.25) is 0 Å². The maximum absolute atomic E-state index is 13.7. The van der Waals surface area contributed by atoms with Crippen LogP contribution in [0, 0.1) is 0 Å². The van der Waals surface area contributed by atoms with E-state index in [4.69, 9.17) is 0 Å². The number of rotatable bonds is 10. The number of benzene rings is 3. The molecule has 182 valence electrons. The molecule has 0 saturated carbocycles. The predicted molar refractivity (Wildman–Crippen MR) is 141 cm³/mol. The summed E-state index contributed by atoms with van der Waals surface area (Å²) in [5.41, 5.74) is 1.70. The third kappa shape index (κ3) is 4.99. The highest BCUT2D eigenvalue weighted by atomic mass is 32.2. The number of H-pyrrole nitrogens is 1. The quantitative estimate of drug-likeness (QED) is 0.302. The summed E-state index contributed by atoms with van der Waals surface area (Å²) in [4.78, 5) is 14.5. The summed E-state index contributed by atoms with van der Waals surface area (Å²) < 4.78 is 27.5. The number of carbonyl (C=O) groups excluding carboxylic acids is 1. The van der Waals surface area contributed by atoms with Gasteiger partial charge in [-0.25, -0.2) is 8.42 Å². The number of fused-ring (bicyclic) bond motifs is 2. The lowest BCUT2D eigenvalue weighted by molar-refractivity contribution is -0.116. The third-order valence-electron chi connectivity index (χ3n) is 6.32. The Morgan fingerprint density at radius 2 is 1.83 bits per heavy atom. The highest BCUT2D eigenvalue weighted by Crippen LogP contribution is 2.36. The summed E-state index contributed by atoms with van der Waals surface area (Å²) in [7, 11) is -3.87. The van der Waals surface area contributed by atoms with E-state index in [2.05, 4.69) is 40.8 Å². The largest absolute Gasteiger partial charge is 0.326 e. The van der Waals surface area contributed by atoms with Gasteiger partial charge in [-0.15, -0.1) is 6.58 Å². The zero-order valence-electron chi connectivity index (χ0n) is 20.0. The number of hydrogen-bond acceptors (Lipinski definition) is 5. The van der Waals surface area contributed by atoms with Crippen molar-refractivity contribution in [3.8, 4) is 0 Å². The first kappa shape index (κ1) is 24.6. The monoisotopic (exact) mass is 490 g/mol. The minimum absolute atomic E-state index is 0.0322. The Labute approximate surface area is 205 Å². The van der Waals surface area contributed by atoms with E-state index >= 15 is 0 Å². The van der Waals surface area contributed by atoms with Crippen molar-refractivity contribution in [3.63, 3.8) is 0 Å². The van der Waals surface area contributed by atoms with Crippen LogP contribution in [0.5, 0.6) is 0 Å². The van der Waals surface area contributed by atoms with Crippen LogP contribution in [0.4, 0.5) is 5.69 Å². The number of amides is 1. The Morgan fingerprint density at radius 3 is 2.57 bits per heavy atom. The SMILES string of the molecule is C=CC(c1cccc2ccccc12)S(=O)(=O)c1[nH]nc2cc(NC(=O)CCN(CC)CC)ccc12. The first-order chi connectivity index (χ1) is 16.9. The molecule has 1 amide bonds. The van der Waals surface area contributed by atoms with Crippen molar-refractivity contribution in [3.05, 3.63) is 78.9 Å². The van der Waals surface area contributed by atoms with Crippen molar-refractivity contribution in [1.29, 1.82) is 0 Å². The maximum atomic E-state index is 13.7. The van der Waals surface area contributed by atoms with E-state index in [1.807, 2.05) is 42.5 Å². The van der Waals surface area contributed by atoms with Crippen LogP contribution in [-0.4, -0.2) is 49.1 Å². The molecule has 1 atom stereocenters. The van der Waals surface area contributed by atoms with Gasteiger partial charge in [0.2, 0.25) is 15.7 Å². The second-order valence-corrected chi connectivity index (χ2v) is 10.4. The molecule has 0 spiro atoms. The van der Waals surface area contributed by atoms with Gasteiger partial charge in [0, 0.05) is 24.0 Å². The second kappa shape index (κ2) is 10.4. The van der Waals surface area contributed by atoms with Crippen LogP contribution in [0.1, 0.15) is 31.1 Å². The first-order valence-electron chi connectivity index (χ1n) is 11.7. The first-order valence-corrected chi connectivity index (χ1v) is 13.3. The number of nitrogens with one attached hydrogen (secondary N) is 2. The van der Waals surface area contributed by atoms with Gasteiger partial charge in [-0.1, -0.05) is 62.4 Å². The van der Waals surface area contributed by atoms with Crippen molar-refractivity contribution < 1.29 is 13.2 Å². The molecule has 1 unspecified atom stereocenters. The molecule has 7 nitrogen and oxygen atoms in total. The van der Waals surface area contributed by atoms with Crippen molar-refractivity contribution >= 4 is 43.1 Å². The smallest absolute Gasteiger partial charge is 0.225 e. The van der Waals surface area contributed by atoms with Gasteiger partial charge in [0.05, 0.1) is 5.52 Å². The minimum Gasteiger partial charge on any atom is -0.326 e. The molecule has 1 aromatic heterocycles. The number of anilines is 1. The van der Waals surface area contributed by atoms with E-state index in [1.165, 1.54) is 6.08 Å². The van der Waals surface area contributed by atoms with Crippen molar-refractivity contribution in [2.45, 2.75) is 30.5 Å². The van der Waals surface area contributed by atoms with E-state index in [-0.39, 0.29) is 10.9 Å². The number of nitrogens with zero attached hydrogens (tertiary/aromatic N) is 2. The average molecular weight is 491 g/mol. The zero-order chi connectivity index (χ0) is 25.0. The highest BCUT2D eigenvalue weighted by molar-refractivity contribution is 7.92. The Hall–Kier alpha value is -3.49. The molecule has 0 radical (unpaired) electrons. The number of aromatic nitrogens is 2. The number of carbonyl (C=O) groups is 1. The Balaban J connectivity index is 1.62. The fourth-order valence-electron chi connectivity index (χ4n) is 4.35. The maximum Gasteiger partial charge on any atom is 0.225 e. The lowest BCUT2D eigenvalue weighted by Crippen LogP contribution is -2.27. The number of hydrogen-bond donors (Lipinski definition) is 2. The van der Waals surface area contributed by atoms with Gasteiger partial charge in [0.15, 0.2) is 5.03 Å². The van der Waals surface area contributed by atoms with Crippen LogP contribution in [0.3, 0.4) is 0 Å². The van der Waals surface area contributed by atoms with Crippen LogP contribution in [-0.2, 0) is 14.6 Å². The van der Waals surface area contributed by atoms with Crippen molar-refractivity contribution in [2.24, 2.45) is 0 Å². The van der Waals surface area contributed by atoms with Crippen LogP contribution in [0.25, 0.3) is 21.7 Å². The lowest BCUT2D eigenvalue weighted by Gasteiger charge is -2.17. The summed E-state index contributed by atoms with van der Waals surface area (Å²) in [5.74, 6) is -0.0951. The van der Waals surface area contributed by atoms with Gasteiger partial charge in [-0.2, -0.15) is 5.10 Å². The highest BCUT2D eigenvalue weighted by Gasteiger charge is 2.31. The molecule has 0 fully saturated rings. The van der Waals surface area contributed by atoms with Crippen molar-refractivity contribution in [2.75, 3.05) is 25.0 Å². The predicted octanol–water partition coefficient (Wildman–Crippen LogP) is 5.09. The van der Waals surface area contributed by atoms with E-state index in [9.17, 15) is 13.2 Å².